The van der Waals surface area contributed by atoms with Gasteiger partial charge in [0.15, 0.2) is 0 Å². The van der Waals surface area contributed by atoms with Gasteiger partial charge < -0.3 is 5.11 Å². The maximum absolute atomic E-state index is 8.76. The predicted molar refractivity (Wildman–Crippen MR) is 72.2 cm³/mol. The van der Waals surface area contributed by atoms with Crippen molar-refractivity contribution in [1.82, 2.24) is 0 Å². The number of phenols is 1. The van der Waals surface area contributed by atoms with E-state index in [2.05, 4.69) is 32.0 Å². The fourth-order valence-electron chi connectivity index (χ4n) is 1.33. The van der Waals surface area contributed by atoms with Crippen LogP contribution in [-0.2, 0) is 0 Å². The molecule has 0 saturated heterocycles. The fourth-order valence-corrected chi connectivity index (χ4v) is 1.33. The largest absolute Gasteiger partial charge is 1.00 e. The zero-order valence-corrected chi connectivity index (χ0v) is 13.6. The van der Waals surface area contributed by atoms with Crippen LogP contribution in [0.1, 0.15) is 30.9 Å². The summed E-state index contributed by atoms with van der Waals surface area (Å²) in [6, 6.07) is 18.2. The first-order valence-electron chi connectivity index (χ1n) is 5.81. The Bertz CT molecular complexity index is 400. The van der Waals surface area contributed by atoms with Crippen LogP contribution in [-0.4, -0.2) is 5.11 Å². The van der Waals surface area contributed by atoms with Crippen molar-refractivity contribution in [3.63, 3.8) is 0 Å². The van der Waals surface area contributed by atoms with Gasteiger partial charge in [-0.15, -0.1) is 0 Å². The van der Waals surface area contributed by atoms with Gasteiger partial charge in [-0.2, -0.15) is 35.9 Å². The van der Waals surface area contributed by atoms with Crippen LogP contribution in [0.3, 0.4) is 0 Å². The van der Waals surface area contributed by atoms with Crippen molar-refractivity contribution in [2.45, 2.75) is 26.7 Å². The zero-order valence-electron chi connectivity index (χ0n) is 11.6. The Morgan fingerprint density at radius 2 is 1.44 bits per heavy atom. The van der Waals surface area contributed by atoms with Gasteiger partial charge in [0.05, 0.1) is 0 Å². The predicted octanol–water partition coefficient (Wildman–Crippen LogP) is 1.31. The molecular formula is C16H19NaO. The van der Waals surface area contributed by atoms with Gasteiger partial charge in [0.2, 0.25) is 0 Å². The number of aromatic hydroxyl groups is 1. The maximum atomic E-state index is 8.76. The molecule has 0 unspecified atom stereocenters. The Morgan fingerprint density at radius 3 is 1.78 bits per heavy atom. The van der Waals surface area contributed by atoms with Crippen molar-refractivity contribution >= 4 is 0 Å². The van der Waals surface area contributed by atoms with E-state index in [4.69, 9.17) is 5.11 Å². The maximum Gasteiger partial charge on any atom is 1.00 e. The third-order valence-corrected chi connectivity index (χ3v) is 2.44. The van der Waals surface area contributed by atoms with Crippen LogP contribution in [0.25, 0.3) is 0 Å². The molecule has 0 saturated carbocycles. The van der Waals surface area contributed by atoms with Crippen LogP contribution in [0.4, 0.5) is 0 Å². The Hall–Kier alpha value is -0.760. The summed E-state index contributed by atoms with van der Waals surface area (Å²) >= 11 is 0. The summed E-state index contributed by atoms with van der Waals surface area (Å²) in [7, 11) is 0. The number of hydrogen-bond acceptors (Lipinski definition) is 1. The Kier molecular flexibility index (Phi) is 8.82. The van der Waals surface area contributed by atoms with E-state index in [1.54, 1.807) is 12.1 Å². The van der Waals surface area contributed by atoms with Crippen molar-refractivity contribution in [2.75, 3.05) is 0 Å². The van der Waals surface area contributed by atoms with Gasteiger partial charge in [-0.3, -0.25) is 0 Å². The monoisotopic (exact) mass is 250 g/mol. The number of hydrogen-bond donors (Lipinski definition) is 1. The molecule has 0 aliphatic heterocycles. The second-order valence-electron chi connectivity index (χ2n) is 4.32. The van der Waals surface area contributed by atoms with Crippen LogP contribution in [0.5, 0.6) is 5.75 Å². The summed E-state index contributed by atoms with van der Waals surface area (Å²) in [4.78, 5) is 0. The summed E-state index contributed by atoms with van der Waals surface area (Å²) in [5.74, 6) is 0.968. The fraction of sp³-hybridized carbons (Fsp3) is 0.250. The van der Waals surface area contributed by atoms with E-state index >= 15 is 0 Å². The molecule has 0 aliphatic carbocycles. The average Bonchev–Trinajstić information content (AvgIpc) is 2.35. The number of benzene rings is 2. The molecule has 0 aromatic heterocycles. The minimum absolute atomic E-state index is 0. The van der Waals surface area contributed by atoms with Crippen molar-refractivity contribution < 1.29 is 34.7 Å². The van der Waals surface area contributed by atoms with Gasteiger partial charge >= 0.3 is 29.6 Å². The van der Waals surface area contributed by atoms with Crippen molar-refractivity contribution in [3.8, 4) is 5.75 Å². The van der Waals surface area contributed by atoms with Gasteiger partial charge in [-0.25, -0.2) is 0 Å². The molecule has 0 bridgehead atoms. The standard InChI is InChI=1S/C9H11.C7H8O.Na/c1-8(2)9-6-4-3-5-7-9;1-6-2-4-7(8)5-3-6;/h4-8H,1-2H3;2-5,8H,1H3;/q-1;;+1. The van der Waals surface area contributed by atoms with Gasteiger partial charge in [0, 0.05) is 0 Å². The van der Waals surface area contributed by atoms with Crippen molar-refractivity contribution in [1.29, 1.82) is 0 Å². The summed E-state index contributed by atoms with van der Waals surface area (Å²) in [6.07, 6.45) is 0. The molecule has 90 valence electrons. The first kappa shape index (κ1) is 17.2. The smallest absolute Gasteiger partial charge is 0.508 e. The molecule has 2 aromatic carbocycles. The summed E-state index contributed by atoms with van der Waals surface area (Å²) < 4.78 is 0. The van der Waals surface area contributed by atoms with Gasteiger partial charge in [0.25, 0.3) is 0 Å². The van der Waals surface area contributed by atoms with E-state index in [0.717, 1.165) is 0 Å². The molecule has 2 rings (SSSR count). The minimum atomic E-state index is 0. The van der Waals surface area contributed by atoms with Crippen LogP contribution >= 0.6 is 0 Å². The second kappa shape index (κ2) is 9.21. The SMILES string of the molecule is CC(C)c1cc[c-]cc1.Cc1ccc(O)cc1.[Na+]. The van der Waals surface area contributed by atoms with Crippen LogP contribution in [0, 0.1) is 13.0 Å². The summed E-state index contributed by atoms with van der Waals surface area (Å²) in [5, 5.41) is 8.76. The van der Waals surface area contributed by atoms with E-state index in [9.17, 15) is 0 Å². The normalized spacial score (nSPS) is 9.11. The Morgan fingerprint density at radius 1 is 0.944 bits per heavy atom. The molecule has 18 heavy (non-hydrogen) atoms. The van der Waals surface area contributed by atoms with E-state index < -0.39 is 0 Å². The van der Waals surface area contributed by atoms with Gasteiger partial charge in [-0.1, -0.05) is 31.5 Å². The molecule has 0 heterocycles. The molecule has 0 aliphatic rings. The zero-order chi connectivity index (χ0) is 12.7. The Balaban J connectivity index is 0.000000306. The summed E-state index contributed by atoms with van der Waals surface area (Å²) in [6.45, 7) is 6.37. The molecule has 1 N–H and O–H groups in total. The molecular weight excluding hydrogens is 231 g/mol. The first-order valence-corrected chi connectivity index (χ1v) is 5.81. The molecule has 0 amide bonds. The van der Waals surface area contributed by atoms with Crippen LogP contribution in [0.2, 0.25) is 0 Å². The number of phenolic OH excluding ortho intramolecular Hbond substituents is 1. The van der Waals surface area contributed by atoms with Crippen molar-refractivity contribution in [3.05, 3.63) is 65.7 Å². The second-order valence-corrected chi connectivity index (χ2v) is 4.32. The molecule has 1 nitrogen and oxygen atoms in total. The molecule has 2 heteroatoms. The molecule has 0 fully saturated rings. The molecule has 0 atom stereocenters. The van der Waals surface area contributed by atoms with E-state index in [1.165, 1.54) is 11.1 Å². The molecule has 2 aromatic rings. The van der Waals surface area contributed by atoms with E-state index in [1.807, 2.05) is 31.2 Å². The summed E-state index contributed by atoms with van der Waals surface area (Å²) in [5.41, 5.74) is 2.55. The van der Waals surface area contributed by atoms with E-state index in [-0.39, 0.29) is 29.6 Å². The number of rotatable bonds is 1. The minimum Gasteiger partial charge on any atom is -0.508 e. The molecule has 0 spiro atoms. The van der Waals surface area contributed by atoms with E-state index in [0.29, 0.717) is 11.7 Å². The van der Waals surface area contributed by atoms with Crippen LogP contribution < -0.4 is 29.6 Å². The quantitative estimate of drug-likeness (QED) is 0.598. The topological polar surface area (TPSA) is 20.2 Å². The third kappa shape index (κ3) is 6.85. The number of aryl methyl sites for hydroxylation is 1. The van der Waals surface area contributed by atoms with Gasteiger partial charge in [-0.05, 0) is 25.0 Å². The third-order valence-electron chi connectivity index (χ3n) is 2.44. The molecule has 0 radical (unpaired) electrons. The Labute approximate surface area is 132 Å². The average molecular weight is 250 g/mol. The first-order chi connectivity index (χ1) is 8.09. The van der Waals surface area contributed by atoms with Gasteiger partial charge in [0.1, 0.15) is 5.75 Å². The van der Waals surface area contributed by atoms with Crippen molar-refractivity contribution in [2.24, 2.45) is 0 Å². The van der Waals surface area contributed by atoms with Crippen LogP contribution in [0.15, 0.2) is 48.5 Å².